The number of hydroxylamine groups is 2. The van der Waals surface area contributed by atoms with Gasteiger partial charge in [0.2, 0.25) is 5.95 Å². The predicted molar refractivity (Wildman–Crippen MR) is 125 cm³/mol. The zero-order valence-corrected chi connectivity index (χ0v) is 18.8. The third-order valence-electron chi connectivity index (χ3n) is 5.78. The van der Waals surface area contributed by atoms with Gasteiger partial charge in [-0.1, -0.05) is 30.3 Å². The number of ether oxygens (including phenoxy) is 1. The van der Waals surface area contributed by atoms with Crippen molar-refractivity contribution in [2.75, 3.05) is 19.5 Å². The molecule has 0 spiro atoms. The summed E-state index contributed by atoms with van der Waals surface area (Å²) in [7, 11) is 3.00. The van der Waals surface area contributed by atoms with Crippen LogP contribution in [0.1, 0.15) is 22.3 Å². The van der Waals surface area contributed by atoms with Crippen LogP contribution in [0.2, 0.25) is 0 Å². The maximum Gasteiger partial charge on any atom is 0.277 e. The van der Waals surface area contributed by atoms with Gasteiger partial charge in [-0.05, 0) is 54.3 Å². The summed E-state index contributed by atoms with van der Waals surface area (Å²) in [6, 6.07) is 18.7. The van der Waals surface area contributed by atoms with Gasteiger partial charge in [-0.25, -0.2) is 9.58 Å². The van der Waals surface area contributed by atoms with Crippen LogP contribution >= 0.6 is 0 Å². The normalized spacial score (nSPS) is 14.8. The van der Waals surface area contributed by atoms with Crippen LogP contribution in [-0.2, 0) is 16.1 Å². The maximum absolute atomic E-state index is 12.8. The number of hydrogen-bond donors (Lipinski definition) is 1. The van der Waals surface area contributed by atoms with Crippen LogP contribution in [0.5, 0.6) is 5.75 Å². The number of nitrogens with zero attached hydrogens (tertiary/aromatic N) is 4. The van der Waals surface area contributed by atoms with Crippen molar-refractivity contribution in [2.45, 2.75) is 18.9 Å². The predicted octanol–water partition coefficient (Wildman–Crippen LogP) is 3.36. The molecule has 1 aliphatic heterocycles. The van der Waals surface area contributed by atoms with Gasteiger partial charge in [-0.2, -0.15) is 4.98 Å². The fourth-order valence-corrected chi connectivity index (χ4v) is 3.90. The Morgan fingerprint density at radius 1 is 1.12 bits per heavy atom. The quantitative estimate of drug-likeness (QED) is 0.462. The highest BCUT2D eigenvalue weighted by atomic mass is 16.7. The Bertz CT molecular complexity index is 1380. The average molecular weight is 457 g/mol. The van der Waals surface area contributed by atoms with Gasteiger partial charge in [-0.3, -0.25) is 19.7 Å². The minimum absolute atomic E-state index is 0.204. The first-order valence-electron chi connectivity index (χ1n) is 10.9. The van der Waals surface area contributed by atoms with Gasteiger partial charge >= 0.3 is 0 Å². The van der Waals surface area contributed by atoms with E-state index in [0.717, 1.165) is 28.9 Å². The van der Waals surface area contributed by atoms with Gasteiger partial charge in [0.25, 0.3) is 11.8 Å². The van der Waals surface area contributed by atoms with Gasteiger partial charge in [-0.15, -0.1) is 5.10 Å². The third kappa shape index (κ3) is 4.20. The molecule has 1 aliphatic rings. The number of hydrogen-bond acceptors (Lipinski definition) is 6. The number of amides is 2. The zero-order valence-electron chi connectivity index (χ0n) is 18.8. The monoisotopic (exact) mass is 457 g/mol. The van der Waals surface area contributed by atoms with Crippen LogP contribution in [0.3, 0.4) is 0 Å². The van der Waals surface area contributed by atoms with Crippen molar-refractivity contribution in [3.8, 4) is 16.9 Å². The summed E-state index contributed by atoms with van der Waals surface area (Å²) in [4.78, 5) is 34.5. The Morgan fingerprint density at radius 3 is 2.82 bits per heavy atom. The first-order valence-corrected chi connectivity index (χ1v) is 10.9. The van der Waals surface area contributed by atoms with Crippen molar-refractivity contribution in [3.63, 3.8) is 0 Å². The second-order valence-corrected chi connectivity index (χ2v) is 7.96. The van der Waals surface area contributed by atoms with Gasteiger partial charge in [0.1, 0.15) is 5.75 Å². The van der Waals surface area contributed by atoms with Crippen molar-refractivity contribution in [2.24, 2.45) is 0 Å². The molecule has 9 heteroatoms. The SMILES string of the molecule is CON(C)C(=O)c1cccc(-c2ccc3nc(NC(=O)[C@H]4CCc5ccccc5O4)nn3c2)c1. The highest BCUT2D eigenvalue weighted by Crippen LogP contribution is 2.27. The molecule has 1 atom stereocenters. The van der Waals surface area contributed by atoms with Gasteiger partial charge in [0.15, 0.2) is 11.8 Å². The van der Waals surface area contributed by atoms with E-state index in [4.69, 9.17) is 9.57 Å². The molecular formula is C25H23N5O4. The van der Waals surface area contributed by atoms with E-state index in [-0.39, 0.29) is 17.8 Å². The topological polar surface area (TPSA) is 98.1 Å². The Kier molecular flexibility index (Phi) is 5.69. The molecular weight excluding hydrogens is 434 g/mol. The van der Waals surface area contributed by atoms with Crippen LogP contribution in [-0.4, -0.2) is 51.7 Å². The first kappa shape index (κ1) is 21.6. The average Bonchev–Trinajstić information content (AvgIpc) is 3.29. The second kappa shape index (κ2) is 8.95. The molecule has 2 amide bonds. The lowest BCUT2D eigenvalue weighted by Gasteiger charge is -2.24. The standard InChI is InChI=1S/C25H23N5O4/c1-29(33-2)24(32)18-8-5-7-17(14-18)19-11-13-22-26-25(28-30(22)15-19)27-23(31)21-12-10-16-6-3-4-9-20(16)34-21/h3-9,11,13-15,21H,10,12H2,1-2H3,(H,27,28,31)/t21-/m1/s1. The molecule has 0 unspecified atom stereocenters. The minimum atomic E-state index is -0.595. The van der Waals surface area contributed by atoms with Crippen molar-refractivity contribution in [1.82, 2.24) is 19.7 Å². The summed E-state index contributed by atoms with van der Waals surface area (Å²) in [5.41, 5.74) is 3.87. The van der Waals surface area contributed by atoms with Gasteiger partial charge in [0.05, 0.1) is 7.11 Å². The number of aromatic nitrogens is 3. The number of fused-ring (bicyclic) bond motifs is 2. The number of carbonyl (C=O) groups is 2. The molecule has 0 aliphatic carbocycles. The molecule has 0 saturated heterocycles. The Labute approximate surface area is 195 Å². The van der Waals surface area contributed by atoms with Crippen LogP contribution in [0.15, 0.2) is 66.9 Å². The van der Waals surface area contributed by atoms with E-state index >= 15 is 0 Å². The van der Waals surface area contributed by atoms with Gasteiger partial charge in [0, 0.05) is 24.4 Å². The van der Waals surface area contributed by atoms with E-state index in [1.807, 2.05) is 42.5 Å². The minimum Gasteiger partial charge on any atom is -0.480 e. The number of rotatable bonds is 5. The summed E-state index contributed by atoms with van der Waals surface area (Å²) in [5, 5.41) is 8.33. The molecule has 0 bridgehead atoms. The summed E-state index contributed by atoms with van der Waals surface area (Å²) in [5.74, 6) is 0.414. The van der Waals surface area contributed by atoms with Crippen LogP contribution in [0.4, 0.5) is 5.95 Å². The number of para-hydroxylation sites is 1. The number of anilines is 1. The highest BCUT2D eigenvalue weighted by molar-refractivity contribution is 5.95. The first-order chi connectivity index (χ1) is 16.5. The summed E-state index contributed by atoms with van der Waals surface area (Å²) in [6.45, 7) is 0. The number of carbonyl (C=O) groups excluding carboxylic acids is 2. The maximum atomic E-state index is 12.8. The van der Waals surface area contributed by atoms with Crippen molar-refractivity contribution >= 4 is 23.4 Å². The van der Waals surface area contributed by atoms with Crippen LogP contribution < -0.4 is 10.1 Å². The van der Waals surface area contributed by atoms with E-state index in [2.05, 4.69) is 15.4 Å². The Balaban J connectivity index is 1.34. The van der Waals surface area contributed by atoms with Crippen molar-refractivity contribution in [1.29, 1.82) is 0 Å². The summed E-state index contributed by atoms with van der Waals surface area (Å²) >= 11 is 0. The lowest BCUT2D eigenvalue weighted by Crippen LogP contribution is -2.36. The third-order valence-corrected chi connectivity index (χ3v) is 5.78. The molecule has 1 N–H and O–H groups in total. The fourth-order valence-electron chi connectivity index (χ4n) is 3.90. The molecule has 5 rings (SSSR count). The fraction of sp³-hybridized carbons (Fsp3) is 0.200. The lowest BCUT2D eigenvalue weighted by molar-refractivity contribution is -0.123. The van der Waals surface area contributed by atoms with E-state index < -0.39 is 6.10 Å². The molecule has 4 aromatic rings. The highest BCUT2D eigenvalue weighted by Gasteiger charge is 2.26. The van der Waals surface area contributed by atoms with Crippen molar-refractivity contribution in [3.05, 3.63) is 78.0 Å². The molecule has 0 saturated carbocycles. The molecule has 2 aromatic heterocycles. The molecule has 9 nitrogen and oxygen atoms in total. The van der Waals surface area contributed by atoms with E-state index in [1.165, 1.54) is 12.2 Å². The van der Waals surface area contributed by atoms with Crippen molar-refractivity contribution < 1.29 is 19.2 Å². The lowest BCUT2D eigenvalue weighted by atomic mass is 10.0. The van der Waals surface area contributed by atoms with E-state index in [9.17, 15) is 9.59 Å². The van der Waals surface area contributed by atoms with Crippen LogP contribution in [0, 0.1) is 0 Å². The number of aryl methyl sites for hydroxylation is 1. The summed E-state index contributed by atoms with van der Waals surface area (Å²) < 4.78 is 7.45. The largest absolute Gasteiger partial charge is 0.480 e. The second-order valence-electron chi connectivity index (χ2n) is 7.96. The van der Waals surface area contributed by atoms with E-state index in [1.54, 1.807) is 36.0 Å². The molecule has 2 aromatic carbocycles. The molecule has 3 heterocycles. The smallest absolute Gasteiger partial charge is 0.277 e. The number of benzene rings is 2. The Hall–Kier alpha value is -4.24. The Morgan fingerprint density at radius 2 is 1.97 bits per heavy atom. The molecule has 34 heavy (non-hydrogen) atoms. The summed E-state index contributed by atoms with van der Waals surface area (Å²) in [6.07, 6.45) is 2.57. The van der Waals surface area contributed by atoms with Crippen LogP contribution in [0.25, 0.3) is 16.8 Å². The van der Waals surface area contributed by atoms with Gasteiger partial charge < -0.3 is 4.74 Å². The molecule has 0 fully saturated rings. The molecule has 0 radical (unpaired) electrons. The number of nitrogens with one attached hydrogen (secondary N) is 1. The van der Waals surface area contributed by atoms with E-state index in [0.29, 0.717) is 17.6 Å². The zero-order chi connectivity index (χ0) is 23.7. The number of pyridine rings is 1. The molecule has 172 valence electrons.